The van der Waals surface area contributed by atoms with Crippen LogP contribution in [0.5, 0.6) is 0 Å². The Hall–Kier alpha value is -1.50. The van der Waals surface area contributed by atoms with Crippen LogP contribution in [0.2, 0.25) is 0 Å². The molecule has 5 atom stereocenters. The third kappa shape index (κ3) is 8.37. The van der Waals surface area contributed by atoms with Gasteiger partial charge in [0, 0.05) is 17.9 Å². The summed E-state index contributed by atoms with van der Waals surface area (Å²) in [7, 11) is 1.33. The first-order valence-corrected chi connectivity index (χ1v) is 8.55. The Morgan fingerprint density at radius 2 is 1.81 bits per heavy atom. The summed E-state index contributed by atoms with van der Waals surface area (Å²) in [6.07, 6.45) is -4.11. The molecule has 0 aliphatic carbocycles. The molecule has 3 N–H and O–H groups in total. The number of nitrogens with zero attached hydrogens (tertiary/aromatic N) is 3. The number of azide groups is 1. The van der Waals surface area contributed by atoms with Gasteiger partial charge >= 0.3 is 5.97 Å². The molecule has 0 unspecified atom stereocenters. The number of methoxy groups -OCH3 is 1. The second kappa shape index (κ2) is 13.6. The van der Waals surface area contributed by atoms with E-state index in [1.807, 2.05) is 0 Å². The predicted octanol–water partition coefficient (Wildman–Crippen LogP) is -0.893. The molecular formula is C15H27N3O9. The van der Waals surface area contributed by atoms with Gasteiger partial charge in [0.25, 0.3) is 0 Å². The molecule has 1 fully saturated rings. The van der Waals surface area contributed by atoms with Crippen LogP contribution >= 0.6 is 0 Å². The van der Waals surface area contributed by atoms with Gasteiger partial charge in [-0.25, -0.2) is 0 Å². The van der Waals surface area contributed by atoms with E-state index in [0.29, 0.717) is 32.7 Å². The number of ether oxygens (including phenoxy) is 5. The van der Waals surface area contributed by atoms with Crippen molar-refractivity contribution in [3.05, 3.63) is 10.4 Å². The highest BCUT2D eigenvalue weighted by Gasteiger charge is 2.44. The van der Waals surface area contributed by atoms with Gasteiger partial charge in [-0.3, -0.25) is 4.79 Å². The lowest BCUT2D eigenvalue weighted by Gasteiger charge is -2.40. The van der Waals surface area contributed by atoms with Crippen molar-refractivity contribution >= 4 is 5.97 Å². The van der Waals surface area contributed by atoms with E-state index in [0.717, 1.165) is 0 Å². The highest BCUT2D eigenvalue weighted by atomic mass is 16.7. The number of rotatable bonds is 13. The number of carbonyl (C=O) groups is 1. The van der Waals surface area contributed by atoms with Crippen LogP contribution in [-0.2, 0) is 28.5 Å². The molecular weight excluding hydrogens is 366 g/mol. The molecule has 0 bridgehead atoms. The lowest BCUT2D eigenvalue weighted by atomic mass is 9.98. The molecule has 1 aliphatic rings. The van der Waals surface area contributed by atoms with Gasteiger partial charge in [0.1, 0.15) is 18.2 Å². The molecule has 0 saturated carbocycles. The fourth-order valence-corrected chi connectivity index (χ4v) is 2.35. The fourth-order valence-electron chi connectivity index (χ4n) is 2.35. The summed E-state index contributed by atoms with van der Waals surface area (Å²) in [6.45, 7) is 0.821. The van der Waals surface area contributed by atoms with E-state index >= 15 is 0 Å². The molecule has 1 saturated heterocycles. The Bertz CT molecular complexity index is 475. The van der Waals surface area contributed by atoms with Crippen LogP contribution in [0.25, 0.3) is 10.4 Å². The zero-order chi connectivity index (χ0) is 20.1. The number of carbonyl (C=O) groups excluding carboxylic acids is 1. The highest BCUT2D eigenvalue weighted by molar-refractivity contribution is 5.68. The number of hydrogen-bond acceptors (Lipinski definition) is 10. The zero-order valence-corrected chi connectivity index (χ0v) is 15.2. The summed E-state index contributed by atoms with van der Waals surface area (Å²) in [5.41, 5.74) is 8.58. The summed E-state index contributed by atoms with van der Waals surface area (Å²) < 4.78 is 25.8. The molecule has 1 heterocycles. The van der Waals surface area contributed by atoms with Crippen LogP contribution in [0.1, 0.15) is 12.8 Å². The largest absolute Gasteiger partial charge is 0.469 e. The summed E-state index contributed by atoms with van der Waals surface area (Å²) in [4.78, 5) is 13.5. The Morgan fingerprint density at radius 1 is 1.15 bits per heavy atom. The SMILES string of the molecule is COC(=O)CCCOCCOCCO[C@H]1O[C@H](CO)[C@@H](O)[C@H](O)[C@@H]1N=[N+]=[N-]. The molecule has 0 aromatic rings. The van der Waals surface area contributed by atoms with Crippen molar-refractivity contribution in [1.29, 1.82) is 0 Å². The van der Waals surface area contributed by atoms with Gasteiger partial charge in [-0.2, -0.15) is 0 Å². The third-order valence-corrected chi connectivity index (χ3v) is 3.81. The Morgan fingerprint density at radius 3 is 2.44 bits per heavy atom. The van der Waals surface area contributed by atoms with Gasteiger partial charge in [-0.15, -0.1) is 0 Å². The first kappa shape index (κ1) is 23.5. The number of aliphatic hydroxyl groups is 3. The van der Waals surface area contributed by atoms with Gasteiger partial charge in [-0.05, 0) is 12.0 Å². The van der Waals surface area contributed by atoms with Crippen molar-refractivity contribution in [1.82, 2.24) is 0 Å². The van der Waals surface area contributed by atoms with Crippen molar-refractivity contribution in [2.45, 2.75) is 43.5 Å². The van der Waals surface area contributed by atoms with Gasteiger partial charge in [-0.1, -0.05) is 5.11 Å². The standard InChI is InChI=1S/C15H27N3O9/c1-23-11(20)3-2-4-24-5-6-25-7-8-26-15-12(17-18-16)14(22)13(21)10(9-19)27-15/h10,12-15,19,21-22H,2-9H2,1H3/t10-,12+,13-,14-,15+/m1/s1. The minimum Gasteiger partial charge on any atom is -0.469 e. The topological polar surface area (TPSA) is 173 Å². The van der Waals surface area contributed by atoms with E-state index in [1.54, 1.807) is 0 Å². The molecule has 12 nitrogen and oxygen atoms in total. The molecule has 12 heteroatoms. The fraction of sp³-hybridized carbons (Fsp3) is 0.933. The third-order valence-electron chi connectivity index (χ3n) is 3.81. The summed E-state index contributed by atoms with van der Waals surface area (Å²) >= 11 is 0. The zero-order valence-electron chi connectivity index (χ0n) is 15.2. The predicted molar refractivity (Wildman–Crippen MR) is 89.5 cm³/mol. The molecule has 0 aromatic heterocycles. The van der Waals surface area contributed by atoms with Crippen LogP contribution in [0, 0.1) is 0 Å². The number of aliphatic hydroxyl groups excluding tert-OH is 3. The van der Waals surface area contributed by atoms with Crippen molar-refractivity contribution in [2.75, 3.05) is 46.8 Å². The van der Waals surface area contributed by atoms with Crippen LogP contribution in [0.15, 0.2) is 5.11 Å². The minimum atomic E-state index is -1.42. The summed E-state index contributed by atoms with van der Waals surface area (Å²) in [6, 6.07) is -1.15. The first-order chi connectivity index (χ1) is 13.0. The van der Waals surface area contributed by atoms with Crippen molar-refractivity contribution in [3.8, 4) is 0 Å². The van der Waals surface area contributed by atoms with Crippen LogP contribution in [-0.4, -0.2) is 98.7 Å². The average molecular weight is 393 g/mol. The monoisotopic (exact) mass is 393 g/mol. The second-order valence-corrected chi connectivity index (χ2v) is 5.68. The molecule has 0 spiro atoms. The molecule has 27 heavy (non-hydrogen) atoms. The van der Waals surface area contributed by atoms with E-state index in [1.165, 1.54) is 7.11 Å². The normalized spacial score (nSPS) is 27.8. The quantitative estimate of drug-likeness (QED) is 0.118. The smallest absolute Gasteiger partial charge is 0.305 e. The summed E-state index contributed by atoms with van der Waals surface area (Å²) in [5.74, 6) is -0.281. The highest BCUT2D eigenvalue weighted by Crippen LogP contribution is 2.24. The van der Waals surface area contributed by atoms with E-state index in [2.05, 4.69) is 14.8 Å². The van der Waals surface area contributed by atoms with Gasteiger partial charge in [0.2, 0.25) is 0 Å². The molecule has 0 amide bonds. The van der Waals surface area contributed by atoms with Crippen molar-refractivity contribution in [3.63, 3.8) is 0 Å². The van der Waals surface area contributed by atoms with Gasteiger partial charge in [0.05, 0.1) is 46.2 Å². The van der Waals surface area contributed by atoms with E-state index in [9.17, 15) is 15.0 Å². The second-order valence-electron chi connectivity index (χ2n) is 5.68. The maximum atomic E-state index is 10.9. The lowest BCUT2D eigenvalue weighted by Crippen LogP contribution is -2.58. The molecule has 1 rings (SSSR count). The Balaban J connectivity index is 2.18. The molecule has 0 aromatic carbocycles. The van der Waals surface area contributed by atoms with Crippen molar-refractivity contribution < 1.29 is 43.8 Å². The van der Waals surface area contributed by atoms with Crippen LogP contribution < -0.4 is 0 Å². The Labute approximate surface area is 156 Å². The number of hydrogen-bond donors (Lipinski definition) is 3. The van der Waals surface area contributed by atoms with Gasteiger partial charge in [0.15, 0.2) is 6.29 Å². The maximum absolute atomic E-state index is 10.9. The van der Waals surface area contributed by atoms with Gasteiger partial charge < -0.3 is 39.0 Å². The maximum Gasteiger partial charge on any atom is 0.305 e. The first-order valence-electron chi connectivity index (χ1n) is 8.55. The van der Waals surface area contributed by atoms with Crippen LogP contribution in [0.4, 0.5) is 0 Å². The van der Waals surface area contributed by atoms with E-state index in [-0.39, 0.29) is 19.2 Å². The van der Waals surface area contributed by atoms with E-state index < -0.39 is 37.3 Å². The van der Waals surface area contributed by atoms with Crippen LogP contribution in [0.3, 0.4) is 0 Å². The Kier molecular flexibility index (Phi) is 11.9. The lowest BCUT2D eigenvalue weighted by molar-refractivity contribution is -0.267. The van der Waals surface area contributed by atoms with E-state index in [4.69, 9.17) is 29.6 Å². The molecule has 0 radical (unpaired) electrons. The average Bonchev–Trinajstić information content (AvgIpc) is 2.68. The minimum absolute atomic E-state index is 0.0748. The summed E-state index contributed by atoms with van der Waals surface area (Å²) in [5, 5.41) is 32.3. The molecule has 1 aliphatic heterocycles. The van der Waals surface area contributed by atoms with Crippen molar-refractivity contribution in [2.24, 2.45) is 5.11 Å². The molecule has 156 valence electrons. The number of esters is 1.